The van der Waals surface area contributed by atoms with Crippen LogP contribution in [0.2, 0.25) is 0 Å². The highest BCUT2D eigenvalue weighted by Crippen LogP contribution is 2.63. The van der Waals surface area contributed by atoms with Gasteiger partial charge in [-0.1, -0.05) is 25.8 Å². The summed E-state index contributed by atoms with van der Waals surface area (Å²) in [6.45, 7) is 6.90. The number of nitrogens with one attached hydrogen (secondary N) is 1. The third kappa shape index (κ3) is 2.55. The van der Waals surface area contributed by atoms with Crippen molar-refractivity contribution in [2.24, 2.45) is 11.3 Å². The fourth-order valence-corrected chi connectivity index (χ4v) is 6.12. The number of fused-ring (bicyclic) bond motifs is 4. The van der Waals surface area contributed by atoms with E-state index in [0.717, 1.165) is 35.3 Å². The minimum absolute atomic E-state index is 0.314. The Balaban J connectivity index is 1.34. The van der Waals surface area contributed by atoms with Crippen LogP contribution in [0.1, 0.15) is 45.1 Å². The maximum absolute atomic E-state index is 10.4. The Morgan fingerprint density at radius 3 is 2.88 bits per heavy atom. The average Bonchev–Trinajstić information content (AvgIpc) is 3.16. The molecule has 26 heavy (non-hydrogen) atoms. The highest BCUT2D eigenvalue weighted by Gasteiger charge is 2.62. The normalized spacial score (nSPS) is 23.9. The smallest absolute Gasteiger partial charge is 0.423 e. The van der Waals surface area contributed by atoms with Crippen molar-refractivity contribution in [3.63, 3.8) is 0 Å². The van der Waals surface area contributed by atoms with E-state index in [2.05, 4.69) is 34.2 Å². The molecule has 0 radical (unpaired) electrons. The van der Waals surface area contributed by atoms with Crippen molar-refractivity contribution in [3.05, 3.63) is 24.0 Å². The lowest BCUT2D eigenvalue weighted by Gasteiger charge is -2.58. The summed E-state index contributed by atoms with van der Waals surface area (Å²) < 4.78 is 8.69. The van der Waals surface area contributed by atoms with E-state index in [0.29, 0.717) is 5.41 Å². The molecule has 2 aromatic heterocycles. The molecular formula is C19H26BN3O2S. The second kappa shape index (κ2) is 5.99. The molecule has 2 aliphatic heterocycles. The van der Waals surface area contributed by atoms with Crippen molar-refractivity contribution in [1.82, 2.24) is 14.3 Å². The highest BCUT2D eigenvalue weighted by molar-refractivity contribution is 7.97. The third-order valence-electron chi connectivity index (χ3n) is 6.37. The molecule has 1 saturated carbocycles. The molecule has 0 bridgehead atoms. The number of nitrogens with zero attached hydrogens (tertiary/aromatic N) is 2. The zero-order valence-corrected chi connectivity index (χ0v) is 16.3. The van der Waals surface area contributed by atoms with Gasteiger partial charge in [-0.05, 0) is 48.6 Å². The number of hydrogen-bond acceptors (Lipinski definition) is 5. The molecule has 7 heteroatoms. The summed E-state index contributed by atoms with van der Waals surface area (Å²) in [6.07, 6.45) is 8.22. The van der Waals surface area contributed by atoms with E-state index in [4.69, 9.17) is 4.65 Å². The zero-order chi connectivity index (χ0) is 17.9. The van der Waals surface area contributed by atoms with E-state index in [1.807, 2.05) is 18.1 Å². The Labute approximate surface area is 159 Å². The summed E-state index contributed by atoms with van der Waals surface area (Å²) >= 11 is 2.01. The number of piperidine rings is 1. The lowest BCUT2D eigenvalue weighted by atomic mass is 9.53. The van der Waals surface area contributed by atoms with Crippen LogP contribution < -0.4 is 5.46 Å². The van der Waals surface area contributed by atoms with Crippen LogP contribution in [-0.4, -0.2) is 45.3 Å². The summed E-state index contributed by atoms with van der Waals surface area (Å²) in [7, 11) is -0.837. The second-order valence-electron chi connectivity index (χ2n) is 8.77. The van der Waals surface area contributed by atoms with Crippen LogP contribution in [0.3, 0.4) is 0 Å². The second-order valence-corrected chi connectivity index (χ2v) is 9.87. The van der Waals surface area contributed by atoms with Crippen LogP contribution in [0.15, 0.2) is 18.5 Å². The first-order valence-electron chi connectivity index (χ1n) is 9.71. The molecule has 3 aliphatic rings. The maximum atomic E-state index is 10.4. The van der Waals surface area contributed by atoms with Gasteiger partial charge in [0.1, 0.15) is 5.65 Å². The van der Waals surface area contributed by atoms with Gasteiger partial charge in [0.05, 0.1) is 5.60 Å². The Kier molecular flexibility index (Phi) is 3.94. The van der Waals surface area contributed by atoms with Gasteiger partial charge in [0, 0.05) is 42.1 Å². The summed E-state index contributed by atoms with van der Waals surface area (Å²) in [5.74, 6) is 1.95. The van der Waals surface area contributed by atoms with Crippen LogP contribution in [0.5, 0.6) is 0 Å². The van der Waals surface area contributed by atoms with Crippen molar-refractivity contribution in [2.45, 2.75) is 45.1 Å². The first kappa shape index (κ1) is 17.1. The van der Waals surface area contributed by atoms with E-state index in [1.165, 1.54) is 37.2 Å². The fourth-order valence-electron chi connectivity index (χ4n) is 5.17. The molecule has 1 saturated heterocycles. The Morgan fingerprint density at radius 2 is 2.15 bits per heavy atom. The van der Waals surface area contributed by atoms with E-state index in [1.54, 1.807) is 6.20 Å². The molecule has 5 rings (SSSR count). The van der Waals surface area contributed by atoms with Gasteiger partial charge >= 0.3 is 7.12 Å². The van der Waals surface area contributed by atoms with Crippen molar-refractivity contribution in [3.8, 4) is 0 Å². The number of H-pyrrole nitrogens is 1. The van der Waals surface area contributed by atoms with Crippen molar-refractivity contribution in [1.29, 1.82) is 0 Å². The van der Waals surface area contributed by atoms with Gasteiger partial charge in [0.2, 0.25) is 0 Å². The summed E-state index contributed by atoms with van der Waals surface area (Å²) in [6, 6.07) is 2.07. The van der Waals surface area contributed by atoms with E-state index < -0.39 is 7.12 Å². The number of aromatic nitrogens is 2. The topological polar surface area (TPSA) is 61.4 Å². The van der Waals surface area contributed by atoms with Gasteiger partial charge in [-0.3, -0.25) is 4.31 Å². The fraction of sp³-hybridized carbons (Fsp3) is 0.632. The number of hydrogen-bond donors (Lipinski definition) is 2. The summed E-state index contributed by atoms with van der Waals surface area (Å²) in [5, 5.41) is 11.6. The molecular weight excluding hydrogens is 345 g/mol. The van der Waals surface area contributed by atoms with Crippen molar-refractivity contribution < 1.29 is 9.68 Å². The van der Waals surface area contributed by atoms with Gasteiger partial charge in [-0.25, -0.2) is 4.98 Å². The molecule has 2 fully saturated rings. The molecule has 2 N–H and O–H groups in total. The van der Waals surface area contributed by atoms with Crippen molar-refractivity contribution >= 4 is 35.6 Å². The van der Waals surface area contributed by atoms with E-state index in [-0.39, 0.29) is 5.60 Å². The van der Waals surface area contributed by atoms with Crippen LogP contribution in [0, 0.1) is 11.3 Å². The first-order valence-corrected chi connectivity index (χ1v) is 10.6. The first-order chi connectivity index (χ1) is 12.5. The maximum Gasteiger partial charge on any atom is 0.493 e. The summed E-state index contributed by atoms with van der Waals surface area (Å²) in [5.41, 5.74) is 2.99. The molecule has 0 atom stereocenters. The van der Waals surface area contributed by atoms with Gasteiger partial charge in [0.15, 0.2) is 0 Å². The molecule has 0 amide bonds. The third-order valence-corrected chi connectivity index (χ3v) is 7.92. The Morgan fingerprint density at radius 1 is 1.38 bits per heavy atom. The van der Waals surface area contributed by atoms with Gasteiger partial charge in [0.25, 0.3) is 0 Å². The lowest BCUT2D eigenvalue weighted by molar-refractivity contribution is -0.133. The van der Waals surface area contributed by atoms with E-state index >= 15 is 0 Å². The molecule has 1 aliphatic carbocycles. The number of pyridine rings is 1. The number of aromatic amines is 1. The minimum Gasteiger partial charge on any atom is -0.423 e. The summed E-state index contributed by atoms with van der Waals surface area (Å²) in [4.78, 5) is 7.62. The molecule has 2 spiro atoms. The standard InChI is InChI=1S/C19H26BN3O2S/c1-13(2)10-26-23-7-4-18(5-8-23)11-19(12-18)16-14-3-6-21-17(14)22-9-15(16)20(24)25-19/h3,6,9,13,24H,4-5,7-8,10-12H2,1-2H3,(H,21,22). The minimum atomic E-state index is -0.837. The van der Waals surface area contributed by atoms with Crippen LogP contribution in [0.25, 0.3) is 11.0 Å². The molecule has 4 heterocycles. The Hall–Kier alpha value is -1.02. The SMILES string of the molecule is CC(C)CSN1CCC2(CC1)CC1(C2)OB(O)c2cnc3[nH]ccc3c21. The van der Waals surface area contributed by atoms with Gasteiger partial charge in [-0.2, -0.15) is 0 Å². The lowest BCUT2D eigenvalue weighted by Crippen LogP contribution is -2.54. The largest absolute Gasteiger partial charge is 0.493 e. The zero-order valence-electron chi connectivity index (χ0n) is 15.5. The van der Waals surface area contributed by atoms with Crippen LogP contribution in [-0.2, 0) is 10.3 Å². The molecule has 0 aromatic carbocycles. The van der Waals surface area contributed by atoms with Gasteiger partial charge in [-0.15, -0.1) is 0 Å². The highest BCUT2D eigenvalue weighted by atomic mass is 32.2. The van der Waals surface area contributed by atoms with Crippen molar-refractivity contribution in [2.75, 3.05) is 18.8 Å². The molecule has 0 unspecified atom stereocenters. The Bertz CT molecular complexity index is 823. The quantitative estimate of drug-likeness (QED) is 0.642. The predicted molar refractivity (Wildman–Crippen MR) is 106 cm³/mol. The monoisotopic (exact) mass is 371 g/mol. The predicted octanol–water partition coefficient (Wildman–Crippen LogP) is 2.66. The number of rotatable bonds is 3. The van der Waals surface area contributed by atoms with E-state index in [9.17, 15) is 5.02 Å². The molecule has 5 nitrogen and oxygen atoms in total. The molecule has 138 valence electrons. The van der Waals surface area contributed by atoms with Crippen LogP contribution >= 0.6 is 11.9 Å². The average molecular weight is 371 g/mol. The molecule has 2 aromatic rings. The van der Waals surface area contributed by atoms with Gasteiger partial charge < -0.3 is 14.7 Å². The van der Waals surface area contributed by atoms with Crippen LogP contribution in [0.4, 0.5) is 0 Å².